The zero-order chi connectivity index (χ0) is 14.5. The highest BCUT2D eigenvalue weighted by molar-refractivity contribution is 6.31. The van der Waals surface area contributed by atoms with E-state index in [1.165, 1.54) is 18.2 Å². The molecule has 0 amide bonds. The van der Waals surface area contributed by atoms with Gasteiger partial charge in [-0.15, -0.1) is 0 Å². The van der Waals surface area contributed by atoms with Gasteiger partial charge in [-0.25, -0.2) is 9.82 Å². The van der Waals surface area contributed by atoms with Crippen molar-refractivity contribution in [3.05, 3.63) is 63.9 Å². The van der Waals surface area contributed by atoms with Crippen LogP contribution in [0.25, 0.3) is 0 Å². The van der Waals surface area contributed by atoms with Crippen LogP contribution in [0.15, 0.2) is 42.5 Å². The van der Waals surface area contributed by atoms with E-state index in [4.69, 9.17) is 33.8 Å². The van der Waals surface area contributed by atoms with Crippen LogP contribution >= 0.6 is 23.2 Å². The van der Waals surface area contributed by atoms with Crippen LogP contribution in [-0.2, 0) is 0 Å². The van der Waals surface area contributed by atoms with Crippen LogP contribution in [0.5, 0.6) is 5.75 Å². The van der Waals surface area contributed by atoms with Gasteiger partial charge in [0.05, 0.1) is 6.04 Å². The van der Waals surface area contributed by atoms with Crippen LogP contribution < -0.4 is 16.0 Å². The molecule has 0 radical (unpaired) electrons. The Hall–Kier alpha value is -1.33. The molecule has 0 heterocycles. The molecule has 1 unspecified atom stereocenters. The summed E-state index contributed by atoms with van der Waals surface area (Å²) in [6, 6.07) is 10.6. The minimum atomic E-state index is -0.422. The molecule has 1 atom stereocenters. The monoisotopic (exact) mass is 314 g/mol. The zero-order valence-electron chi connectivity index (χ0n) is 10.4. The van der Waals surface area contributed by atoms with Crippen LogP contribution in [0, 0.1) is 5.82 Å². The van der Waals surface area contributed by atoms with E-state index in [0.29, 0.717) is 21.4 Å². The molecule has 0 aliphatic carbocycles. The first kappa shape index (κ1) is 15.1. The standard InChI is InChI=1S/C14H13Cl2FN2O/c15-9-1-4-11(5-2-9)20-8-14(19-18)12-7-10(17)3-6-13(12)16/h1-7,14,19H,8,18H2. The molecule has 3 nitrogen and oxygen atoms in total. The Morgan fingerprint density at radius 2 is 1.85 bits per heavy atom. The molecule has 0 aliphatic rings. The number of nitrogens with one attached hydrogen (secondary N) is 1. The van der Waals surface area contributed by atoms with Crippen LogP contribution in [0.2, 0.25) is 10.0 Å². The van der Waals surface area contributed by atoms with Crippen molar-refractivity contribution in [2.75, 3.05) is 6.61 Å². The quantitative estimate of drug-likeness (QED) is 0.653. The second kappa shape index (κ2) is 6.90. The van der Waals surface area contributed by atoms with E-state index in [1.54, 1.807) is 24.3 Å². The predicted molar refractivity (Wildman–Crippen MR) is 78.4 cm³/mol. The van der Waals surface area contributed by atoms with Crippen molar-refractivity contribution in [1.82, 2.24) is 5.43 Å². The SMILES string of the molecule is NNC(COc1ccc(Cl)cc1)c1cc(F)ccc1Cl. The van der Waals surface area contributed by atoms with Gasteiger partial charge in [0, 0.05) is 10.0 Å². The third-order valence-electron chi connectivity index (χ3n) is 2.76. The van der Waals surface area contributed by atoms with E-state index in [0.717, 1.165) is 0 Å². The summed E-state index contributed by atoms with van der Waals surface area (Å²) in [5.41, 5.74) is 3.11. The zero-order valence-corrected chi connectivity index (χ0v) is 12.0. The van der Waals surface area contributed by atoms with Crippen LogP contribution in [0.1, 0.15) is 11.6 Å². The predicted octanol–water partition coefficient (Wildman–Crippen LogP) is 3.72. The molecule has 3 N–H and O–H groups in total. The van der Waals surface area contributed by atoms with Gasteiger partial charge in [0.15, 0.2) is 0 Å². The Bertz CT molecular complexity index is 578. The number of benzene rings is 2. The van der Waals surface area contributed by atoms with Crippen molar-refractivity contribution < 1.29 is 9.13 Å². The molecule has 0 spiro atoms. The van der Waals surface area contributed by atoms with E-state index in [-0.39, 0.29) is 12.4 Å². The molecule has 0 aliphatic heterocycles. The maximum atomic E-state index is 13.3. The second-order valence-electron chi connectivity index (χ2n) is 4.15. The third kappa shape index (κ3) is 3.84. The molecule has 0 bridgehead atoms. The Kier molecular flexibility index (Phi) is 5.20. The maximum absolute atomic E-state index is 13.3. The minimum absolute atomic E-state index is 0.210. The molecule has 106 valence electrons. The lowest BCUT2D eigenvalue weighted by Crippen LogP contribution is -2.32. The molecule has 0 fully saturated rings. The molecular formula is C14H13Cl2FN2O. The Morgan fingerprint density at radius 1 is 1.15 bits per heavy atom. The molecule has 2 rings (SSSR count). The fourth-order valence-electron chi connectivity index (χ4n) is 1.72. The molecule has 0 aromatic heterocycles. The van der Waals surface area contributed by atoms with Crippen molar-refractivity contribution in [2.45, 2.75) is 6.04 Å². The highest BCUT2D eigenvalue weighted by atomic mass is 35.5. The molecule has 0 saturated heterocycles. The Morgan fingerprint density at radius 3 is 2.50 bits per heavy atom. The lowest BCUT2D eigenvalue weighted by Gasteiger charge is -2.18. The maximum Gasteiger partial charge on any atom is 0.123 e. The van der Waals surface area contributed by atoms with E-state index >= 15 is 0 Å². The second-order valence-corrected chi connectivity index (χ2v) is 4.99. The highest BCUT2D eigenvalue weighted by Gasteiger charge is 2.15. The molecule has 6 heteroatoms. The van der Waals surface area contributed by atoms with E-state index in [1.807, 2.05) is 0 Å². The van der Waals surface area contributed by atoms with Crippen molar-refractivity contribution >= 4 is 23.2 Å². The molecule has 2 aromatic rings. The highest BCUT2D eigenvalue weighted by Crippen LogP contribution is 2.25. The summed E-state index contributed by atoms with van der Waals surface area (Å²) in [5, 5.41) is 1.05. The van der Waals surface area contributed by atoms with E-state index < -0.39 is 6.04 Å². The summed E-state index contributed by atoms with van der Waals surface area (Å²) in [7, 11) is 0. The summed E-state index contributed by atoms with van der Waals surface area (Å²) < 4.78 is 18.8. The Labute approximate surface area is 126 Å². The smallest absolute Gasteiger partial charge is 0.123 e. The van der Waals surface area contributed by atoms with Crippen molar-refractivity contribution in [1.29, 1.82) is 0 Å². The average molecular weight is 315 g/mol. The Balaban J connectivity index is 2.09. The van der Waals surface area contributed by atoms with Crippen molar-refractivity contribution in [3.63, 3.8) is 0 Å². The van der Waals surface area contributed by atoms with Gasteiger partial charge >= 0.3 is 0 Å². The summed E-state index contributed by atoms with van der Waals surface area (Å²) in [6.07, 6.45) is 0. The summed E-state index contributed by atoms with van der Waals surface area (Å²) in [5.74, 6) is 5.74. The van der Waals surface area contributed by atoms with Gasteiger partial charge in [0.1, 0.15) is 18.2 Å². The normalized spacial score (nSPS) is 12.2. The number of hydrogen-bond acceptors (Lipinski definition) is 3. The molecule has 20 heavy (non-hydrogen) atoms. The molecule has 2 aromatic carbocycles. The summed E-state index contributed by atoms with van der Waals surface area (Å²) in [4.78, 5) is 0. The summed E-state index contributed by atoms with van der Waals surface area (Å²) >= 11 is 11.8. The molecular weight excluding hydrogens is 302 g/mol. The fourth-order valence-corrected chi connectivity index (χ4v) is 2.09. The lowest BCUT2D eigenvalue weighted by atomic mass is 10.1. The minimum Gasteiger partial charge on any atom is -0.492 e. The topological polar surface area (TPSA) is 47.3 Å². The van der Waals surface area contributed by atoms with E-state index in [2.05, 4.69) is 5.43 Å². The van der Waals surface area contributed by atoms with Gasteiger partial charge in [-0.05, 0) is 48.0 Å². The fraction of sp³-hybridized carbons (Fsp3) is 0.143. The van der Waals surface area contributed by atoms with E-state index in [9.17, 15) is 4.39 Å². The van der Waals surface area contributed by atoms with Gasteiger partial charge in [0.25, 0.3) is 0 Å². The number of halogens is 3. The largest absolute Gasteiger partial charge is 0.492 e. The number of nitrogens with two attached hydrogens (primary N) is 1. The van der Waals surface area contributed by atoms with Gasteiger partial charge in [-0.1, -0.05) is 23.2 Å². The molecule has 0 saturated carbocycles. The lowest BCUT2D eigenvalue weighted by molar-refractivity contribution is 0.267. The van der Waals surface area contributed by atoms with Crippen molar-refractivity contribution in [3.8, 4) is 5.75 Å². The van der Waals surface area contributed by atoms with Gasteiger partial charge < -0.3 is 4.74 Å². The van der Waals surface area contributed by atoms with Crippen LogP contribution in [0.4, 0.5) is 4.39 Å². The number of rotatable bonds is 5. The summed E-state index contributed by atoms with van der Waals surface area (Å²) in [6.45, 7) is 0.210. The number of hydrogen-bond donors (Lipinski definition) is 2. The van der Waals surface area contributed by atoms with Gasteiger partial charge in [-0.2, -0.15) is 0 Å². The number of ether oxygens (including phenoxy) is 1. The number of hydrazine groups is 1. The first-order chi connectivity index (χ1) is 9.60. The van der Waals surface area contributed by atoms with Crippen molar-refractivity contribution in [2.24, 2.45) is 5.84 Å². The first-order valence-corrected chi connectivity index (χ1v) is 6.65. The van der Waals surface area contributed by atoms with Gasteiger partial charge in [0.2, 0.25) is 0 Å². The average Bonchev–Trinajstić information content (AvgIpc) is 2.45. The first-order valence-electron chi connectivity index (χ1n) is 5.89. The van der Waals surface area contributed by atoms with Crippen LogP contribution in [0.3, 0.4) is 0 Å². The van der Waals surface area contributed by atoms with Crippen LogP contribution in [-0.4, -0.2) is 6.61 Å². The third-order valence-corrected chi connectivity index (χ3v) is 3.36. The van der Waals surface area contributed by atoms with Gasteiger partial charge in [-0.3, -0.25) is 5.84 Å².